The summed E-state index contributed by atoms with van der Waals surface area (Å²) in [6.07, 6.45) is 2.34. The van der Waals surface area contributed by atoms with Crippen molar-refractivity contribution in [3.63, 3.8) is 0 Å². The van der Waals surface area contributed by atoms with Crippen LogP contribution in [0.3, 0.4) is 0 Å². The second kappa shape index (κ2) is 9.77. The number of sulfonamides is 1. The zero-order valence-electron chi connectivity index (χ0n) is 16.3. The van der Waals surface area contributed by atoms with Crippen LogP contribution >= 0.6 is 23.5 Å². The van der Waals surface area contributed by atoms with Crippen molar-refractivity contribution in [2.75, 3.05) is 34.4 Å². The minimum absolute atomic E-state index is 0.130. The molecule has 6 nitrogen and oxygen atoms in total. The highest BCUT2D eigenvalue weighted by atomic mass is 32.2. The van der Waals surface area contributed by atoms with E-state index in [1.165, 1.54) is 23.5 Å². The quantitative estimate of drug-likeness (QED) is 0.653. The van der Waals surface area contributed by atoms with Crippen molar-refractivity contribution < 1.29 is 17.9 Å². The van der Waals surface area contributed by atoms with E-state index in [2.05, 4.69) is 10.0 Å². The topological polar surface area (TPSA) is 84.5 Å². The Morgan fingerprint density at radius 1 is 1.14 bits per heavy atom. The Kier molecular flexibility index (Phi) is 7.37. The fourth-order valence-corrected chi connectivity index (χ4v) is 6.27. The van der Waals surface area contributed by atoms with Crippen LogP contribution in [0, 0.1) is 6.92 Å². The van der Waals surface area contributed by atoms with Crippen LogP contribution in [0.1, 0.15) is 22.1 Å². The van der Waals surface area contributed by atoms with Gasteiger partial charge in [-0.3, -0.25) is 9.52 Å². The molecule has 2 aromatic carbocycles. The summed E-state index contributed by atoms with van der Waals surface area (Å²) in [5.41, 5.74) is 2.96. The minimum Gasteiger partial charge on any atom is -0.484 e. The summed E-state index contributed by atoms with van der Waals surface area (Å²) >= 11 is 3.92. The monoisotopic (exact) mass is 452 g/mol. The van der Waals surface area contributed by atoms with Crippen molar-refractivity contribution >= 4 is 50.8 Å². The van der Waals surface area contributed by atoms with Crippen LogP contribution in [-0.2, 0) is 14.8 Å². The van der Waals surface area contributed by atoms with Crippen LogP contribution in [0.4, 0.5) is 11.4 Å². The first kappa shape index (κ1) is 21.9. The Morgan fingerprint density at radius 2 is 1.83 bits per heavy atom. The van der Waals surface area contributed by atoms with Crippen LogP contribution in [0.2, 0.25) is 0 Å². The number of ether oxygens (including phenoxy) is 1. The summed E-state index contributed by atoms with van der Waals surface area (Å²) in [5, 5.41) is 2.72. The number of nitrogens with one attached hydrogen (secondary N) is 2. The van der Waals surface area contributed by atoms with Gasteiger partial charge < -0.3 is 10.1 Å². The number of carbonyl (C=O) groups is 1. The summed E-state index contributed by atoms with van der Waals surface area (Å²) in [6.45, 7) is 1.66. The third-order valence-electron chi connectivity index (χ3n) is 4.17. The molecule has 29 heavy (non-hydrogen) atoms. The fourth-order valence-electron chi connectivity index (χ4n) is 2.76. The van der Waals surface area contributed by atoms with Gasteiger partial charge in [0.1, 0.15) is 5.75 Å². The second-order valence-corrected chi connectivity index (χ2v) is 11.2. The van der Waals surface area contributed by atoms with Crippen LogP contribution in [-0.4, -0.2) is 38.7 Å². The zero-order valence-corrected chi connectivity index (χ0v) is 18.8. The molecule has 1 heterocycles. The summed E-state index contributed by atoms with van der Waals surface area (Å²) in [6, 6.07) is 12.9. The van der Waals surface area contributed by atoms with E-state index in [1.807, 2.05) is 47.8 Å². The number of benzene rings is 2. The van der Waals surface area contributed by atoms with Crippen LogP contribution in [0.5, 0.6) is 5.75 Å². The first-order valence-corrected chi connectivity index (χ1v) is 13.1. The molecule has 2 aromatic rings. The number of amides is 1. The molecule has 0 spiro atoms. The van der Waals surface area contributed by atoms with Crippen LogP contribution in [0.15, 0.2) is 42.5 Å². The molecule has 0 atom stereocenters. The Morgan fingerprint density at radius 3 is 2.48 bits per heavy atom. The highest BCUT2D eigenvalue weighted by Gasteiger charge is 2.16. The predicted molar refractivity (Wildman–Crippen MR) is 122 cm³/mol. The van der Waals surface area contributed by atoms with Gasteiger partial charge in [-0.2, -0.15) is 0 Å². The van der Waals surface area contributed by atoms with Gasteiger partial charge >= 0.3 is 0 Å². The maximum Gasteiger partial charge on any atom is 0.262 e. The van der Waals surface area contributed by atoms with Gasteiger partial charge in [-0.25, -0.2) is 8.42 Å². The molecular formula is C20H24N2O4S3. The molecule has 0 aromatic heterocycles. The molecule has 1 saturated heterocycles. The van der Waals surface area contributed by atoms with Crippen molar-refractivity contribution in [2.45, 2.75) is 17.9 Å². The van der Waals surface area contributed by atoms with Gasteiger partial charge in [0.2, 0.25) is 10.0 Å². The Labute approximate surface area is 180 Å². The molecule has 1 fully saturated rings. The normalized spacial score (nSPS) is 15.0. The molecular weight excluding hydrogens is 428 g/mol. The van der Waals surface area contributed by atoms with E-state index in [0.717, 1.165) is 11.8 Å². The molecule has 1 aliphatic heterocycles. The van der Waals surface area contributed by atoms with Crippen molar-refractivity contribution in [1.82, 2.24) is 0 Å². The zero-order chi connectivity index (χ0) is 20.9. The van der Waals surface area contributed by atoms with Crippen molar-refractivity contribution in [3.05, 3.63) is 53.6 Å². The lowest BCUT2D eigenvalue weighted by molar-refractivity contribution is -0.118. The molecule has 3 rings (SSSR count). The molecule has 156 valence electrons. The number of aryl methyl sites for hydroxylation is 1. The van der Waals surface area contributed by atoms with E-state index in [-0.39, 0.29) is 12.5 Å². The Bertz CT molecular complexity index is 956. The number of carbonyl (C=O) groups excluding carboxylic acids is 1. The van der Waals surface area contributed by atoms with E-state index < -0.39 is 10.0 Å². The molecule has 0 radical (unpaired) electrons. The van der Waals surface area contributed by atoms with Crippen molar-refractivity contribution in [2.24, 2.45) is 0 Å². The van der Waals surface area contributed by atoms with E-state index in [1.54, 1.807) is 25.1 Å². The van der Waals surface area contributed by atoms with E-state index in [0.29, 0.717) is 21.7 Å². The summed E-state index contributed by atoms with van der Waals surface area (Å²) in [4.78, 5) is 12.2. The number of anilines is 2. The average Bonchev–Trinajstić information content (AvgIpc) is 2.69. The van der Waals surface area contributed by atoms with Crippen LogP contribution < -0.4 is 14.8 Å². The third-order valence-corrected chi connectivity index (χ3v) is 7.77. The molecule has 9 heteroatoms. The first-order chi connectivity index (χ1) is 13.8. The summed E-state index contributed by atoms with van der Waals surface area (Å²) in [7, 11) is -3.39. The van der Waals surface area contributed by atoms with Gasteiger partial charge in [-0.05, 0) is 60.2 Å². The Balaban J connectivity index is 1.54. The van der Waals surface area contributed by atoms with Crippen LogP contribution in [0.25, 0.3) is 0 Å². The van der Waals surface area contributed by atoms with E-state index in [9.17, 15) is 13.2 Å². The first-order valence-electron chi connectivity index (χ1n) is 9.14. The average molecular weight is 453 g/mol. The lowest BCUT2D eigenvalue weighted by Crippen LogP contribution is -2.20. The second-order valence-electron chi connectivity index (χ2n) is 6.74. The van der Waals surface area contributed by atoms with Gasteiger partial charge in [-0.1, -0.05) is 18.2 Å². The summed E-state index contributed by atoms with van der Waals surface area (Å²) < 4.78 is 31.4. The number of rotatable bonds is 7. The van der Waals surface area contributed by atoms with Gasteiger partial charge in [0.05, 0.1) is 16.5 Å². The molecule has 0 aliphatic carbocycles. The highest BCUT2D eigenvalue weighted by molar-refractivity contribution is 8.16. The highest BCUT2D eigenvalue weighted by Crippen LogP contribution is 2.43. The van der Waals surface area contributed by atoms with E-state index in [4.69, 9.17) is 4.74 Å². The lowest BCUT2D eigenvalue weighted by atomic mass is 10.2. The van der Waals surface area contributed by atoms with Gasteiger partial charge in [0.25, 0.3) is 5.91 Å². The smallest absolute Gasteiger partial charge is 0.262 e. The van der Waals surface area contributed by atoms with Gasteiger partial charge in [0.15, 0.2) is 6.61 Å². The van der Waals surface area contributed by atoms with Gasteiger partial charge in [-0.15, -0.1) is 23.5 Å². The standard InChI is InChI=1S/C20H24N2O4S3/c1-14-4-7-16(12-18(14)22-29(2,24)25)21-19(23)13-26-17-8-5-15(6-9-17)20-27-10-3-11-28-20/h4-9,12,20,22H,3,10-11,13H2,1-2H3,(H,21,23). The predicted octanol–water partition coefficient (Wildman–Crippen LogP) is 4.25. The van der Waals surface area contributed by atoms with Crippen molar-refractivity contribution in [3.8, 4) is 5.75 Å². The molecule has 1 amide bonds. The Hall–Kier alpha value is -1.84. The number of hydrogen-bond acceptors (Lipinski definition) is 6. The molecule has 0 unspecified atom stereocenters. The molecule has 0 bridgehead atoms. The maximum absolute atomic E-state index is 12.2. The molecule has 1 aliphatic rings. The maximum atomic E-state index is 12.2. The molecule has 2 N–H and O–H groups in total. The minimum atomic E-state index is -3.39. The fraction of sp³-hybridized carbons (Fsp3) is 0.350. The largest absolute Gasteiger partial charge is 0.484 e. The number of hydrogen-bond donors (Lipinski definition) is 2. The molecule has 0 saturated carbocycles. The SMILES string of the molecule is Cc1ccc(NC(=O)COc2ccc(C3SCCCS3)cc2)cc1NS(C)(=O)=O. The third kappa shape index (κ3) is 6.87. The lowest BCUT2D eigenvalue weighted by Gasteiger charge is -2.21. The van der Waals surface area contributed by atoms with Crippen molar-refractivity contribution in [1.29, 1.82) is 0 Å². The van der Waals surface area contributed by atoms with E-state index >= 15 is 0 Å². The summed E-state index contributed by atoms with van der Waals surface area (Å²) in [5.74, 6) is 2.70. The number of thioether (sulfide) groups is 2. The van der Waals surface area contributed by atoms with Gasteiger partial charge in [0, 0.05) is 5.69 Å².